The van der Waals surface area contributed by atoms with Crippen LogP contribution in [0.25, 0.3) is 5.69 Å². The van der Waals surface area contributed by atoms with E-state index in [1.54, 1.807) is 16.9 Å². The fraction of sp³-hybridized carbons (Fsp3) is 0.357. The maximum Gasteiger partial charge on any atom is 0.149 e. The molecule has 0 aliphatic carbocycles. The first-order valence-electron chi connectivity index (χ1n) is 6.23. The summed E-state index contributed by atoms with van der Waals surface area (Å²) >= 11 is 0. The van der Waals surface area contributed by atoms with Gasteiger partial charge in [-0.05, 0) is 37.6 Å². The van der Waals surface area contributed by atoms with Gasteiger partial charge in [0.15, 0.2) is 0 Å². The van der Waals surface area contributed by atoms with E-state index in [2.05, 4.69) is 17.3 Å². The number of nitrogens with zero attached hydrogens (tertiary/aromatic N) is 2. The van der Waals surface area contributed by atoms with Crippen LogP contribution >= 0.6 is 0 Å². The molecule has 0 aliphatic rings. The molecule has 0 atom stereocenters. The van der Waals surface area contributed by atoms with E-state index < -0.39 is 0 Å². The van der Waals surface area contributed by atoms with Crippen molar-refractivity contribution in [3.8, 4) is 5.69 Å². The monoisotopic (exact) mass is 247 g/mol. The average Bonchev–Trinajstić information content (AvgIpc) is 2.78. The standard InChI is InChI=1S/C14H18FN3/c1-3-8-16-10-12-7-9-18(17-12)14-11(2)5-4-6-13(14)15/h4-7,9,16H,3,8,10H2,1-2H3. The predicted octanol–water partition coefficient (Wildman–Crippen LogP) is 2.82. The minimum absolute atomic E-state index is 0.244. The van der Waals surface area contributed by atoms with E-state index in [9.17, 15) is 4.39 Å². The molecule has 0 saturated carbocycles. The molecule has 1 aromatic heterocycles. The molecule has 1 heterocycles. The van der Waals surface area contributed by atoms with Crippen molar-refractivity contribution in [3.05, 3.63) is 47.5 Å². The van der Waals surface area contributed by atoms with Crippen LogP contribution in [0, 0.1) is 12.7 Å². The Morgan fingerprint density at radius 2 is 2.17 bits per heavy atom. The molecule has 2 aromatic rings. The Kier molecular flexibility index (Phi) is 4.10. The third kappa shape index (κ3) is 2.76. The summed E-state index contributed by atoms with van der Waals surface area (Å²) in [7, 11) is 0. The largest absolute Gasteiger partial charge is 0.311 e. The fourth-order valence-corrected chi connectivity index (χ4v) is 1.89. The Balaban J connectivity index is 2.19. The Bertz CT molecular complexity index is 499. The number of aryl methyl sites for hydroxylation is 1. The van der Waals surface area contributed by atoms with Crippen LogP contribution in [0.3, 0.4) is 0 Å². The summed E-state index contributed by atoms with van der Waals surface area (Å²) in [6.07, 6.45) is 2.89. The van der Waals surface area contributed by atoms with Gasteiger partial charge in [-0.25, -0.2) is 9.07 Å². The highest BCUT2D eigenvalue weighted by Gasteiger charge is 2.08. The van der Waals surface area contributed by atoms with Crippen LogP contribution in [0.1, 0.15) is 24.6 Å². The molecule has 18 heavy (non-hydrogen) atoms. The Morgan fingerprint density at radius 1 is 1.33 bits per heavy atom. The summed E-state index contributed by atoms with van der Waals surface area (Å²) in [6, 6.07) is 6.96. The van der Waals surface area contributed by atoms with Crippen molar-refractivity contribution in [2.75, 3.05) is 6.54 Å². The van der Waals surface area contributed by atoms with Gasteiger partial charge in [0.2, 0.25) is 0 Å². The van der Waals surface area contributed by atoms with Crippen molar-refractivity contribution in [1.82, 2.24) is 15.1 Å². The van der Waals surface area contributed by atoms with Crippen LogP contribution in [0.15, 0.2) is 30.5 Å². The second kappa shape index (κ2) is 5.78. The fourth-order valence-electron chi connectivity index (χ4n) is 1.89. The minimum Gasteiger partial charge on any atom is -0.311 e. The quantitative estimate of drug-likeness (QED) is 0.823. The van der Waals surface area contributed by atoms with Crippen molar-refractivity contribution < 1.29 is 4.39 Å². The Labute approximate surface area is 107 Å². The highest BCUT2D eigenvalue weighted by Crippen LogP contribution is 2.17. The molecule has 0 aliphatic heterocycles. The summed E-state index contributed by atoms with van der Waals surface area (Å²) in [4.78, 5) is 0. The van der Waals surface area contributed by atoms with Crippen molar-refractivity contribution in [1.29, 1.82) is 0 Å². The molecule has 1 aromatic carbocycles. The molecule has 0 spiro atoms. The molecule has 0 bridgehead atoms. The van der Waals surface area contributed by atoms with Crippen LogP contribution < -0.4 is 5.32 Å². The van der Waals surface area contributed by atoms with E-state index in [0.29, 0.717) is 12.2 Å². The van der Waals surface area contributed by atoms with Gasteiger partial charge in [-0.1, -0.05) is 19.1 Å². The number of hydrogen-bond donors (Lipinski definition) is 1. The second-order valence-corrected chi connectivity index (χ2v) is 4.33. The summed E-state index contributed by atoms with van der Waals surface area (Å²) in [6.45, 7) is 5.68. The van der Waals surface area contributed by atoms with Crippen molar-refractivity contribution in [2.24, 2.45) is 0 Å². The molecule has 0 fully saturated rings. The van der Waals surface area contributed by atoms with Crippen LogP contribution in [-0.4, -0.2) is 16.3 Å². The third-order valence-corrected chi connectivity index (χ3v) is 2.79. The highest BCUT2D eigenvalue weighted by atomic mass is 19.1. The number of halogens is 1. The van der Waals surface area contributed by atoms with E-state index in [1.165, 1.54) is 6.07 Å². The molecule has 0 saturated heterocycles. The lowest BCUT2D eigenvalue weighted by Gasteiger charge is -2.06. The molecule has 96 valence electrons. The molecule has 4 heteroatoms. The maximum atomic E-state index is 13.8. The maximum absolute atomic E-state index is 13.8. The van der Waals surface area contributed by atoms with Gasteiger partial charge in [0, 0.05) is 12.7 Å². The second-order valence-electron chi connectivity index (χ2n) is 4.33. The van der Waals surface area contributed by atoms with Gasteiger partial charge in [0.05, 0.1) is 5.69 Å². The summed E-state index contributed by atoms with van der Waals surface area (Å²) in [5, 5.41) is 7.66. The van der Waals surface area contributed by atoms with Crippen LogP contribution in [0.4, 0.5) is 4.39 Å². The third-order valence-electron chi connectivity index (χ3n) is 2.79. The van der Waals surface area contributed by atoms with Gasteiger partial charge in [-0.15, -0.1) is 0 Å². The van der Waals surface area contributed by atoms with E-state index in [1.807, 2.05) is 19.1 Å². The highest BCUT2D eigenvalue weighted by molar-refractivity contribution is 5.40. The molecular weight excluding hydrogens is 229 g/mol. The molecule has 0 unspecified atom stereocenters. The van der Waals surface area contributed by atoms with E-state index in [-0.39, 0.29) is 5.82 Å². The molecular formula is C14H18FN3. The van der Waals surface area contributed by atoms with E-state index in [4.69, 9.17) is 0 Å². The molecule has 0 radical (unpaired) electrons. The van der Waals surface area contributed by atoms with E-state index >= 15 is 0 Å². The SMILES string of the molecule is CCCNCc1ccn(-c2c(C)cccc2F)n1. The zero-order valence-corrected chi connectivity index (χ0v) is 10.8. The molecule has 2 rings (SSSR count). The Hall–Kier alpha value is -1.68. The molecule has 0 amide bonds. The van der Waals surface area contributed by atoms with Crippen LogP contribution in [0.2, 0.25) is 0 Å². The zero-order valence-electron chi connectivity index (χ0n) is 10.8. The normalized spacial score (nSPS) is 10.8. The number of aromatic nitrogens is 2. The first-order valence-corrected chi connectivity index (χ1v) is 6.23. The number of hydrogen-bond acceptors (Lipinski definition) is 2. The first-order chi connectivity index (χ1) is 8.72. The Morgan fingerprint density at radius 3 is 2.89 bits per heavy atom. The summed E-state index contributed by atoms with van der Waals surface area (Å²) in [5.41, 5.74) is 2.33. The van der Waals surface area contributed by atoms with Crippen molar-refractivity contribution in [3.63, 3.8) is 0 Å². The number of benzene rings is 1. The number of nitrogens with one attached hydrogen (secondary N) is 1. The molecule has 1 N–H and O–H groups in total. The van der Waals surface area contributed by atoms with Crippen molar-refractivity contribution >= 4 is 0 Å². The number of rotatable bonds is 5. The number of para-hydroxylation sites is 1. The van der Waals surface area contributed by atoms with Crippen molar-refractivity contribution in [2.45, 2.75) is 26.8 Å². The van der Waals surface area contributed by atoms with Crippen LogP contribution in [-0.2, 0) is 6.54 Å². The van der Waals surface area contributed by atoms with E-state index in [0.717, 1.165) is 24.2 Å². The van der Waals surface area contributed by atoms with Gasteiger partial charge in [0.25, 0.3) is 0 Å². The van der Waals surface area contributed by atoms with Gasteiger partial charge >= 0.3 is 0 Å². The average molecular weight is 247 g/mol. The predicted molar refractivity (Wildman–Crippen MR) is 70.3 cm³/mol. The zero-order chi connectivity index (χ0) is 13.0. The van der Waals surface area contributed by atoms with Gasteiger partial charge in [0.1, 0.15) is 11.5 Å². The first kappa shape index (κ1) is 12.8. The lowest BCUT2D eigenvalue weighted by atomic mass is 10.2. The summed E-state index contributed by atoms with van der Waals surface area (Å²) < 4.78 is 15.4. The van der Waals surface area contributed by atoms with Gasteiger partial charge in [-0.3, -0.25) is 0 Å². The lowest BCUT2D eigenvalue weighted by molar-refractivity contribution is 0.604. The van der Waals surface area contributed by atoms with Gasteiger partial charge in [-0.2, -0.15) is 5.10 Å². The smallest absolute Gasteiger partial charge is 0.149 e. The summed E-state index contributed by atoms with van der Waals surface area (Å²) in [5.74, 6) is -0.244. The van der Waals surface area contributed by atoms with Gasteiger partial charge < -0.3 is 5.32 Å². The lowest BCUT2D eigenvalue weighted by Crippen LogP contribution is -2.14. The topological polar surface area (TPSA) is 29.9 Å². The van der Waals surface area contributed by atoms with Crippen LogP contribution in [0.5, 0.6) is 0 Å². The minimum atomic E-state index is -0.244. The molecule has 3 nitrogen and oxygen atoms in total.